The zero-order valence-electron chi connectivity index (χ0n) is 19.7. The normalized spacial score (nSPS) is 12.6. The van der Waals surface area contributed by atoms with Gasteiger partial charge in [0, 0.05) is 13.0 Å². The van der Waals surface area contributed by atoms with Crippen LogP contribution in [0.15, 0.2) is 54.6 Å². The number of carbonyl (C=O) groups is 2. The van der Waals surface area contributed by atoms with Crippen molar-refractivity contribution in [3.05, 3.63) is 65.7 Å². The molecular weight excluding hydrogens is 402 g/mol. The van der Waals surface area contributed by atoms with Crippen LogP contribution in [0.4, 0.5) is 0 Å². The summed E-state index contributed by atoms with van der Waals surface area (Å²) in [6.07, 6.45) is 6.17. The Morgan fingerprint density at radius 3 is 2.41 bits per heavy atom. The molecule has 0 radical (unpaired) electrons. The van der Waals surface area contributed by atoms with Gasteiger partial charge in [0.05, 0.1) is 0 Å². The van der Waals surface area contributed by atoms with Gasteiger partial charge in [-0.3, -0.25) is 4.79 Å². The molecule has 5 heteroatoms. The molecule has 0 spiro atoms. The van der Waals surface area contributed by atoms with Crippen molar-refractivity contribution in [3.63, 3.8) is 0 Å². The molecule has 1 atom stereocenters. The fourth-order valence-corrected chi connectivity index (χ4v) is 3.31. The van der Waals surface area contributed by atoms with Crippen molar-refractivity contribution in [2.75, 3.05) is 6.54 Å². The maximum absolute atomic E-state index is 12.7. The first-order chi connectivity index (χ1) is 15.5. The first-order valence-electron chi connectivity index (χ1n) is 11.7. The van der Waals surface area contributed by atoms with Gasteiger partial charge in [-0.15, -0.1) is 0 Å². The molecule has 0 saturated heterocycles. The van der Waals surface area contributed by atoms with Crippen LogP contribution in [0.2, 0.25) is 0 Å². The van der Waals surface area contributed by atoms with E-state index in [2.05, 4.69) is 12.2 Å². The van der Waals surface area contributed by atoms with E-state index in [0.717, 1.165) is 24.0 Å². The summed E-state index contributed by atoms with van der Waals surface area (Å²) in [5.74, 6) is 0.340. The standard InChI is InChI=1S/C27H37NO4/c1-4-6-7-11-17-25(29)28-19-18-22-15-12-16-24(20-22)32-27(3,5-2)26(30)31-21-23-13-9-8-10-14-23/h8-10,12-16,20H,4-7,11,17-19,21H2,1-3H3,(H,28,29). The number of esters is 1. The summed E-state index contributed by atoms with van der Waals surface area (Å²) in [4.78, 5) is 24.7. The topological polar surface area (TPSA) is 64.6 Å². The third kappa shape index (κ3) is 8.74. The van der Waals surface area contributed by atoms with E-state index in [0.29, 0.717) is 31.6 Å². The van der Waals surface area contributed by atoms with Crippen LogP contribution in [0.1, 0.15) is 70.4 Å². The van der Waals surface area contributed by atoms with Crippen LogP contribution >= 0.6 is 0 Å². The smallest absolute Gasteiger partial charge is 0.350 e. The number of nitrogens with one attached hydrogen (secondary N) is 1. The Labute approximate surface area is 192 Å². The monoisotopic (exact) mass is 439 g/mol. The second-order valence-electron chi connectivity index (χ2n) is 8.31. The molecule has 5 nitrogen and oxygen atoms in total. The van der Waals surface area contributed by atoms with Crippen molar-refractivity contribution >= 4 is 11.9 Å². The lowest BCUT2D eigenvalue weighted by molar-refractivity contribution is -0.162. The SMILES string of the molecule is CCCCCCC(=O)NCCc1cccc(OC(C)(CC)C(=O)OCc2ccccc2)c1. The minimum absolute atomic E-state index is 0.105. The highest BCUT2D eigenvalue weighted by Gasteiger charge is 2.35. The van der Waals surface area contributed by atoms with E-state index in [9.17, 15) is 9.59 Å². The molecular formula is C27H37NO4. The number of carbonyl (C=O) groups excluding carboxylic acids is 2. The van der Waals surface area contributed by atoms with Crippen LogP contribution in [0.3, 0.4) is 0 Å². The maximum atomic E-state index is 12.7. The van der Waals surface area contributed by atoms with Crippen LogP contribution in [-0.4, -0.2) is 24.0 Å². The van der Waals surface area contributed by atoms with Gasteiger partial charge in [-0.25, -0.2) is 4.79 Å². The van der Waals surface area contributed by atoms with Gasteiger partial charge in [0.25, 0.3) is 0 Å². The fraction of sp³-hybridized carbons (Fsp3) is 0.481. The summed E-state index contributed by atoms with van der Waals surface area (Å²) < 4.78 is 11.6. The number of ether oxygens (including phenoxy) is 2. The largest absolute Gasteiger partial charge is 0.476 e. The Hall–Kier alpha value is -2.82. The average Bonchev–Trinajstić information content (AvgIpc) is 2.81. The fourth-order valence-electron chi connectivity index (χ4n) is 3.31. The molecule has 2 aromatic carbocycles. The Morgan fingerprint density at radius 2 is 1.69 bits per heavy atom. The first kappa shape index (κ1) is 25.4. The Bertz CT molecular complexity index is 837. The van der Waals surface area contributed by atoms with Crippen LogP contribution < -0.4 is 10.1 Å². The van der Waals surface area contributed by atoms with Crippen molar-refractivity contribution in [1.82, 2.24) is 5.32 Å². The van der Waals surface area contributed by atoms with E-state index in [4.69, 9.17) is 9.47 Å². The summed E-state index contributed by atoms with van der Waals surface area (Å²) >= 11 is 0. The van der Waals surface area contributed by atoms with Crippen LogP contribution in [-0.2, 0) is 27.4 Å². The van der Waals surface area contributed by atoms with Crippen LogP contribution in [0.25, 0.3) is 0 Å². The zero-order valence-corrected chi connectivity index (χ0v) is 19.7. The summed E-state index contributed by atoms with van der Waals surface area (Å²) in [5, 5.41) is 2.98. The number of hydrogen-bond acceptors (Lipinski definition) is 4. The molecule has 0 aliphatic carbocycles. The lowest BCUT2D eigenvalue weighted by atomic mass is 10.0. The van der Waals surface area contributed by atoms with Crippen molar-refractivity contribution in [1.29, 1.82) is 0 Å². The van der Waals surface area contributed by atoms with Crippen molar-refractivity contribution in [3.8, 4) is 5.75 Å². The highest BCUT2D eigenvalue weighted by atomic mass is 16.6. The summed E-state index contributed by atoms with van der Waals surface area (Å²) in [5.41, 5.74) is 0.915. The predicted octanol–water partition coefficient (Wildman–Crippen LogP) is 5.61. The average molecular weight is 440 g/mol. The van der Waals surface area contributed by atoms with Gasteiger partial charge in [-0.05, 0) is 49.4 Å². The summed E-state index contributed by atoms with van der Waals surface area (Å²) in [7, 11) is 0. The van der Waals surface area contributed by atoms with Crippen molar-refractivity contribution in [2.45, 2.75) is 77.9 Å². The van der Waals surface area contributed by atoms with E-state index in [-0.39, 0.29) is 18.5 Å². The molecule has 0 heterocycles. The second-order valence-corrected chi connectivity index (χ2v) is 8.31. The lowest BCUT2D eigenvalue weighted by Gasteiger charge is -2.27. The third-order valence-electron chi connectivity index (χ3n) is 5.55. The van der Waals surface area contributed by atoms with Gasteiger partial charge >= 0.3 is 5.97 Å². The van der Waals surface area contributed by atoms with Gasteiger partial charge in [-0.1, -0.05) is 75.6 Å². The predicted molar refractivity (Wildman–Crippen MR) is 127 cm³/mol. The number of hydrogen-bond donors (Lipinski definition) is 1. The molecule has 32 heavy (non-hydrogen) atoms. The molecule has 1 amide bonds. The molecule has 2 aromatic rings. The molecule has 0 aromatic heterocycles. The molecule has 2 rings (SSSR count). The minimum Gasteiger partial charge on any atom is -0.476 e. The van der Waals surface area contributed by atoms with Crippen LogP contribution in [0, 0.1) is 0 Å². The molecule has 0 saturated carbocycles. The van der Waals surface area contributed by atoms with E-state index in [1.807, 2.05) is 61.5 Å². The number of rotatable bonds is 14. The van der Waals surface area contributed by atoms with Crippen LogP contribution in [0.5, 0.6) is 5.75 Å². The molecule has 174 valence electrons. The Balaban J connectivity index is 1.85. The number of benzene rings is 2. The Kier molecular flexibility index (Phi) is 10.8. The second kappa shape index (κ2) is 13.6. The van der Waals surface area contributed by atoms with Gasteiger partial charge in [0.2, 0.25) is 11.5 Å². The van der Waals surface area contributed by atoms with Gasteiger partial charge in [0.15, 0.2) is 0 Å². The van der Waals surface area contributed by atoms with E-state index in [1.54, 1.807) is 6.92 Å². The highest BCUT2D eigenvalue weighted by Crippen LogP contribution is 2.24. The van der Waals surface area contributed by atoms with E-state index < -0.39 is 5.60 Å². The minimum atomic E-state index is -1.07. The Morgan fingerprint density at radius 1 is 0.938 bits per heavy atom. The maximum Gasteiger partial charge on any atom is 0.350 e. The van der Waals surface area contributed by atoms with Gasteiger partial charge < -0.3 is 14.8 Å². The zero-order chi connectivity index (χ0) is 23.2. The third-order valence-corrected chi connectivity index (χ3v) is 5.55. The van der Waals surface area contributed by atoms with E-state index in [1.165, 1.54) is 12.8 Å². The lowest BCUT2D eigenvalue weighted by Crippen LogP contribution is -2.42. The summed E-state index contributed by atoms with van der Waals surface area (Å²) in [6.45, 7) is 6.63. The number of amides is 1. The molecule has 1 unspecified atom stereocenters. The van der Waals surface area contributed by atoms with Gasteiger partial charge in [0.1, 0.15) is 12.4 Å². The molecule has 0 aliphatic heterocycles. The molecule has 0 bridgehead atoms. The molecule has 0 aliphatic rings. The molecule has 1 N–H and O–H groups in total. The summed E-state index contributed by atoms with van der Waals surface area (Å²) in [6, 6.07) is 17.3. The number of unbranched alkanes of at least 4 members (excludes halogenated alkanes) is 3. The van der Waals surface area contributed by atoms with E-state index >= 15 is 0 Å². The highest BCUT2D eigenvalue weighted by molar-refractivity contribution is 5.79. The van der Waals surface area contributed by atoms with Crippen molar-refractivity contribution < 1.29 is 19.1 Å². The van der Waals surface area contributed by atoms with Crippen molar-refractivity contribution in [2.24, 2.45) is 0 Å². The van der Waals surface area contributed by atoms with Gasteiger partial charge in [-0.2, -0.15) is 0 Å². The quantitative estimate of drug-likeness (QED) is 0.307. The molecule has 0 fully saturated rings. The first-order valence-corrected chi connectivity index (χ1v) is 11.7.